The lowest BCUT2D eigenvalue weighted by molar-refractivity contribution is -0.120. The summed E-state index contributed by atoms with van der Waals surface area (Å²) in [6.07, 6.45) is 0. The number of amides is 1. The molecule has 6 nitrogen and oxygen atoms in total. The first-order valence-electron chi connectivity index (χ1n) is 10.2. The van der Waals surface area contributed by atoms with Gasteiger partial charge in [-0.2, -0.15) is 0 Å². The van der Waals surface area contributed by atoms with E-state index < -0.39 is 0 Å². The fraction of sp³-hybridized carbons (Fsp3) is 0.391. The Hall–Kier alpha value is -3.02. The normalized spacial score (nSPS) is 14.5. The van der Waals surface area contributed by atoms with Crippen LogP contribution in [0.15, 0.2) is 47.5 Å². The van der Waals surface area contributed by atoms with Crippen molar-refractivity contribution in [3.8, 4) is 0 Å². The van der Waals surface area contributed by atoms with Crippen LogP contribution in [0.4, 0.5) is 5.69 Å². The summed E-state index contributed by atoms with van der Waals surface area (Å²) in [4.78, 5) is 18.4. The topological polar surface area (TPSA) is 68.8 Å². The van der Waals surface area contributed by atoms with Gasteiger partial charge in [0, 0.05) is 31.9 Å². The second kappa shape index (κ2) is 9.96. The van der Waals surface area contributed by atoms with Crippen molar-refractivity contribution in [2.75, 3.05) is 31.1 Å². The number of guanidine groups is 1. The van der Waals surface area contributed by atoms with E-state index in [1.54, 1.807) is 0 Å². The van der Waals surface area contributed by atoms with Gasteiger partial charge in [0.05, 0.1) is 13.1 Å². The van der Waals surface area contributed by atoms with Gasteiger partial charge in [-0.15, -0.1) is 0 Å². The highest BCUT2D eigenvalue weighted by atomic mass is 16.2. The third-order valence-electron chi connectivity index (χ3n) is 5.05. The highest BCUT2D eigenvalue weighted by molar-refractivity contribution is 5.82. The van der Waals surface area contributed by atoms with Crippen LogP contribution in [-0.4, -0.2) is 38.0 Å². The summed E-state index contributed by atoms with van der Waals surface area (Å²) >= 11 is 0. The van der Waals surface area contributed by atoms with Crippen molar-refractivity contribution < 1.29 is 4.79 Å². The number of nitrogens with one attached hydrogen (secondary N) is 3. The molecule has 154 valence electrons. The number of aliphatic imine (C=N–C) groups is 1. The molecule has 0 aromatic heterocycles. The number of hydrogen-bond acceptors (Lipinski definition) is 3. The maximum absolute atomic E-state index is 11.6. The third-order valence-corrected chi connectivity index (χ3v) is 5.05. The molecule has 1 aliphatic heterocycles. The van der Waals surface area contributed by atoms with Crippen LogP contribution >= 0.6 is 0 Å². The lowest BCUT2D eigenvalue weighted by Gasteiger charge is -2.28. The SMILES string of the molecule is CCNC(=NCc1ccc(N2CCNC(=O)C2)cc1)NCc1ccc(C)cc1C. The second-order valence-electron chi connectivity index (χ2n) is 7.42. The summed E-state index contributed by atoms with van der Waals surface area (Å²) < 4.78 is 0. The predicted octanol–water partition coefficient (Wildman–Crippen LogP) is 2.49. The zero-order valence-corrected chi connectivity index (χ0v) is 17.6. The minimum atomic E-state index is 0.0788. The summed E-state index contributed by atoms with van der Waals surface area (Å²) in [5.41, 5.74) is 6.05. The van der Waals surface area contributed by atoms with E-state index in [4.69, 9.17) is 4.99 Å². The first kappa shape index (κ1) is 20.7. The maximum atomic E-state index is 11.6. The summed E-state index contributed by atoms with van der Waals surface area (Å²) in [6, 6.07) is 14.8. The average molecular weight is 394 g/mol. The Balaban J connectivity index is 1.59. The van der Waals surface area contributed by atoms with Crippen LogP contribution in [0.5, 0.6) is 0 Å². The van der Waals surface area contributed by atoms with Gasteiger partial charge < -0.3 is 20.9 Å². The Morgan fingerprint density at radius 2 is 1.93 bits per heavy atom. The summed E-state index contributed by atoms with van der Waals surface area (Å²) in [5.74, 6) is 0.888. The molecule has 0 radical (unpaired) electrons. The Morgan fingerprint density at radius 1 is 1.14 bits per heavy atom. The molecule has 3 rings (SSSR count). The average Bonchev–Trinajstić information content (AvgIpc) is 2.71. The third kappa shape index (κ3) is 5.98. The van der Waals surface area contributed by atoms with E-state index in [-0.39, 0.29) is 5.91 Å². The van der Waals surface area contributed by atoms with E-state index in [0.29, 0.717) is 19.6 Å². The molecule has 2 aromatic carbocycles. The maximum Gasteiger partial charge on any atom is 0.239 e. The summed E-state index contributed by atoms with van der Waals surface area (Å²) in [6.45, 7) is 10.4. The molecule has 0 bridgehead atoms. The zero-order chi connectivity index (χ0) is 20.6. The van der Waals surface area contributed by atoms with Gasteiger partial charge in [0.25, 0.3) is 0 Å². The van der Waals surface area contributed by atoms with Crippen LogP contribution in [0.3, 0.4) is 0 Å². The molecular weight excluding hydrogens is 362 g/mol. The number of anilines is 1. The Kier molecular flexibility index (Phi) is 7.11. The van der Waals surface area contributed by atoms with Crippen molar-refractivity contribution in [2.45, 2.75) is 33.9 Å². The van der Waals surface area contributed by atoms with E-state index in [1.807, 2.05) is 0 Å². The van der Waals surface area contributed by atoms with E-state index in [9.17, 15) is 4.79 Å². The number of carbonyl (C=O) groups is 1. The van der Waals surface area contributed by atoms with Crippen molar-refractivity contribution in [1.82, 2.24) is 16.0 Å². The van der Waals surface area contributed by atoms with E-state index in [2.05, 4.69) is 84.1 Å². The van der Waals surface area contributed by atoms with E-state index in [0.717, 1.165) is 36.8 Å². The number of aryl methyl sites for hydroxylation is 2. The smallest absolute Gasteiger partial charge is 0.239 e. The fourth-order valence-electron chi connectivity index (χ4n) is 3.41. The Bertz CT molecular complexity index is 860. The minimum absolute atomic E-state index is 0.0788. The number of piperazine rings is 1. The fourth-order valence-corrected chi connectivity index (χ4v) is 3.41. The molecule has 1 amide bonds. The molecule has 0 spiro atoms. The number of hydrogen-bond donors (Lipinski definition) is 3. The Morgan fingerprint density at radius 3 is 2.62 bits per heavy atom. The second-order valence-corrected chi connectivity index (χ2v) is 7.42. The summed E-state index contributed by atoms with van der Waals surface area (Å²) in [5, 5.41) is 9.59. The number of rotatable bonds is 6. The lowest BCUT2D eigenvalue weighted by atomic mass is 10.1. The van der Waals surface area contributed by atoms with Crippen molar-refractivity contribution in [1.29, 1.82) is 0 Å². The van der Waals surface area contributed by atoms with Crippen LogP contribution < -0.4 is 20.9 Å². The molecule has 1 saturated heterocycles. The van der Waals surface area contributed by atoms with Crippen LogP contribution in [0.1, 0.15) is 29.2 Å². The van der Waals surface area contributed by atoms with Crippen molar-refractivity contribution >= 4 is 17.6 Å². The van der Waals surface area contributed by atoms with Crippen LogP contribution in [-0.2, 0) is 17.9 Å². The van der Waals surface area contributed by atoms with Gasteiger partial charge in [-0.3, -0.25) is 4.79 Å². The first-order valence-corrected chi connectivity index (χ1v) is 10.2. The van der Waals surface area contributed by atoms with Gasteiger partial charge in [0.1, 0.15) is 0 Å². The molecule has 0 unspecified atom stereocenters. The predicted molar refractivity (Wildman–Crippen MR) is 119 cm³/mol. The molecule has 3 N–H and O–H groups in total. The van der Waals surface area contributed by atoms with Crippen LogP contribution in [0.25, 0.3) is 0 Å². The van der Waals surface area contributed by atoms with Gasteiger partial charge in [-0.25, -0.2) is 4.99 Å². The molecule has 1 aliphatic rings. The van der Waals surface area contributed by atoms with E-state index >= 15 is 0 Å². The van der Waals surface area contributed by atoms with Crippen LogP contribution in [0.2, 0.25) is 0 Å². The van der Waals surface area contributed by atoms with E-state index in [1.165, 1.54) is 16.7 Å². The Labute approximate surface area is 173 Å². The molecule has 0 aliphatic carbocycles. The van der Waals surface area contributed by atoms with Crippen molar-refractivity contribution in [3.63, 3.8) is 0 Å². The molecule has 0 atom stereocenters. The molecule has 2 aromatic rings. The first-order chi connectivity index (χ1) is 14.0. The van der Waals surface area contributed by atoms with Crippen molar-refractivity contribution in [3.05, 3.63) is 64.7 Å². The highest BCUT2D eigenvalue weighted by Gasteiger charge is 2.16. The molecule has 1 heterocycles. The highest BCUT2D eigenvalue weighted by Crippen LogP contribution is 2.16. The molecule has 6 heteroatoms. The van der Waals surface area contributed by atoms with Gasteiger partial charge in [0.2, 0.25) is 5.91 Å². The molecular formula is C23H31N5O. The number of carbonyl (C=O) groups excluding carboxylic acids is 1. The lowest BCUT2D eigenvalue weighted by Crippen LogP contribution is -2.47. The summed E-state index contributed by atoms with van der Waals surface area (Å²) in [7, 11) is 0. The van der Waals surface area contributed by atoms with Gasteiger partial charge in [-0.05, 0) is 49.6 Å². The molecule has 0 saturated carbocycles. The van der Waals surface area contributed by atoms with Crippen molar-refractivity contribution in [2.24, 2.45) is 4.99 Å². The number of nitrogens with zero attached hydrogens (tertiary/aromatic N) is 2. The monoisotopic (exact) mass is 393 g/mol. The van der Waals surface area contributed by atoms with Gasteiger partial charge in [-0.1, -0.05) is 35.9 Å². The van der Waals surface area contributed by atoms with Gasteiger partial charge >= 0.3 is 0 Å². The molecule has 29 heavy (non-hydrogen) atoms. The standard InChI is InChI=1S/C23H31N5O/c1-4-24-23(27-15-20-8-5-17(2)13-18(20)3)26-14-19-6-9-21(10-7-19)28-12-11-25-22(29)16-28/h5-10,13H,4,11-12,14-16H2,1-3H3,(H,25,29)(H2,24,26,27). The molecule has 1 fully saturated rings. The largest absolute Gasteiger partial charge is 0.360 e. The zero-order valence-electron chi connectivity index (χ0n) is 17.6. The quantitative estimate of drug-likeness (QED) is 0.521. The number of benzene rings is 2. The minimum Gasteiger partial charge on any atom is -0.360 e. The van der Waals surface area contributed by atoms with Gasteiger partial charge in [0.15, 0.2) is 5.96 Å². The van der Waals surface area contributed by atoms with Crippen LogP contribution in [0, 0.1) is 13.8 Å².